The lowest BCUT2D eigenvalue weighted by atomic mass is 9.75. The third-order valence-electron chi connectivity index (χ3n) is 4.72. The van der Waals surface area contributed by atoms with Crippen LogP contribution >= 0.6 is 15.9 Å². The molecule has 1 aliphatic carbocycles. The Kier molecular flexibility index (Phi) is 5.91. The maximum Gasteiger partial charge on any atom is 0.119 e. The van der Waals surface area contributed by atoms with E-state index in [9.17, 15) is 0 Å². The van der Waals surface area contributed by atoms with E-state index in [1.165, 1.54) is 42.1 Å². The lowest BCUT2D eigenvalue weighted by molar-refractivity contribution is 0.214. The van der Waals surface area contributed by atoms with Crippen molar-refractivity contribution in [3.8, 4) is 5.75 Å². The number of hydrogen-bond acceptors (Lipinski definition) is 2. The van der Waals surface area contributed by atoms with Crippen molar-refractivity contribution < 1.29 is 4.74 Å². The molecule has 3 atom stereocenters. The molecule has 1 aliphatic rings. The summed E-state index contributed by atoms with van der Waals surface area (Å²) in [5.74, 6) is 2.56. The minimum Gasteiger partial charge on any atom is -0.497 e. The Morgan fingerprint density at radius 3 is 2.85 bits per heavy atom. The molecule has 0 aromatic heterocycles. The Labute approximate surface area is 131 Å². The molecule has 2 rings (SSSR count). The summed E-state index contributed by atoms with van der Waals surface area (Å²) in [4.78, 5) is 0. The van der Waals surface area contributed by atoms with Gasteiger partial charge in [-0.3, -0.25) is 0 Å². The molecular weight excluding hydrogens is 314 g/mol. The van der Waals surface area contributed by atoms with Crippen LogP contribution in [0, 0.1) is 11.8 Å². The second-order valence-corrected chi connectivity index (χ2v) is 6.71. The Morgan fingerprint density at radius 1 is 1.40 bits per heavy atom. The van der Waals surface area contributed by atoms with Crippen molar-refractivity contribution in [1.29, 1.82) is 0 Å². The molecule has 3 heteroatoms. The number of rotatable bonds is 5. The summed E-state index contributed by atoms with van der Waals surface area (Å²) in [6, 6.07) is 6.68. The normalized spacial score (nSPS) is 24.4. The first-order valence-corrected chi connectivity index (χ1v) is 8.49. The van der Waals surface area contributed by atoms with Gasteiger partial charge < -0.3 is 10.1 Å². The number of benzene rings is 1. The zero-order chi connectivity index (χ0) is 14.5. The van der Waals surface area contributed by atoms with Crippen molar-refractivity contribution >= 4 is 15.9 Å². The third kappa shape index (κ3) is 3.56. The summed E-state index contributed by atoms with van der Waals surface area (Å²) in [5.41, 5.74) is 1.33. The molecule has 2 nitrogen and oxygen atoms in total. The van der Waals surface area contributed by atoms with Crippen LogP contribution in [0.25, 0.3) is 0 Å². The van der Waals surface area contributed by atoms with Crippen LogP contribution < -0.4 is 10.1 Å². The molecule has 3 unspecified atom stereocenters. The molecule has 0 aliphatic heterocycles. The van der Waals surface area contributed by atoms with E-state index in [4.69, 9.17) is 4.74 Å². The van der Waals surface area contributed by atoms with Crippen molar-refractivity contribution in [1.82, 2.24) is 5.32 Å². The molecule has 0 bridgehead atoms. The van der Waals surface area contributed by atoms with Gasteiger partial charge >= 0.3 is 0 Å². The first kappa shape index (κ1) is 15.8. The fourth-order valence-electron chi connectivity index (χ4n) is 3.54. The van der Waals surface area contributed by atoms with Gasteiger partial charge in [0.15, 0.2) is 0 Å². The molecular formula is C17H26BrNO. The van der Waals surface area contributed by atoms with Crippen LogP contribution in [-0.4, -0.2) is 14.2 Å². The van der Waals surface area contributed by atoms with Crippen molar-refractivity contribution in [2.24, 2.45) is 11.8 Å². The fraction of sp³-hybridized carbons (Fsp3) is 0.647. The molecule has 0 heterocycles. The summed E-state index contributed by atoms with van der Waals surface area (Å²) in [7, 11) is 3.81. The summed E-state index contributed by atoms with van der Waals surface area (Å²) in [6.07, 6.45) is 6.75. The number of nitrogens with one attached hydrogen (secondary N) is 1. The smallest absolute Gasteiger partial charge is 0.119 e. The highest BCUT2D eigenvalue weighted by Crippen LogP contribution is 2.40. The second kappa shape index (κ2) is 7.46. The zero-order valence-electron chi connectivity index (χ0n) is 12.8. The average Bonchev–Trinajstić information content (AvgIpc) is 2.50. The molecule has 1 fully saturated rings. The molecule has 0 spiro atoms. The topological polar surface area (TPSA) is 21.3 Å². The van der Waals surface area contributed by atoms with E-state index in [1.807, 2.05) is 6.07 Å². The molecule has 0 amide bonds. The second-order valence-electron chi connectivity index (χ2n) is 5.85. The van der Waals surface area contributed by atoms with Crippen molar-refractivity contribution in [3.05, 3.63) is 28.2 Å². The van der Waals surface area contributed by atoms with Gasteiger partial charge in [0.05, 0.1) is 7.11 Å². The van der Waals surface area contributed by atoms with Crippen molar-refractivity contribution in [2.45, 2.75) is 45.1 Å². The van der Waals surface area contributed by atoms with Crippen LogP contribution in [-0.2, 0) is 0 Å². The highest BCUT2D eigenvalue weighted by molar-refractivity contribution is 9.10. The number of methoxy groups -OCH3 is 1. The standard InChI is InChI=1S/C17H26BrNO/c1-4-12-6-5-7-13(10-12)17(19-2)15-11-14(20-3)8-9-16(15)18/h8-9,11-13,17,19H,4-7,10H2,1-3H3. The molecule has 20 heavy (non-hydrogen) atoms. The molecule has 1 N–H and O–H groups in total. The lowest BCUT2D eigenvalue weighted by Gasteiger charge is -2.35. The third-order valence-corrected chi connectivity index (χ3v) is 5.44. The first-order valence-electron chi connectivity index (χ1n) is 7.70. The Hall–Kier alpha value is -0.540. The van der Waals surface area contributed by atoms with Crippen LogP contribution in [0.1, 0.15) is 50.6 Å². The van der Waals surface area contributed by atoms with E-state index in [1.54, 1.807) is 7.11 Å². The molecule has 0 radical (unpaired) electrons. The Bertz CT molecular complexity index is 435. The monoisotopic (exact) mass is 339 g/mol. The van der Waals surface area contributed by atoms with Crippen LogP contribution in [0.15, 0.2) is 22.7 Å². The fourth-order valence-corrected chi connectivity index (χ4v) is 4.03. The van der Waals surface area contributed by atoms with E-state index < -0.39 is 0 Å². The number of halogens is 1. The zero-order valence-corrected chi connectivity index (χ0v) is 14.4. The van der Waals surface area contributed by atoms with Gasteiger partial charge in [-0.15, -0.1) is 0 Å². The average molecular weight is 340 g/mol. The van der Waals surface area contributed by atoms with Crippen LogP contribution in [0.4, 0.5) is 0 Å². The minimum atomic E-state index is 0.411. The summed E-state index contributed by atoms with van der Waals surface area (Å²) >= 11 is 3.70. The minimum absolute atomic E-state index is 0.411. The van der Waals surface area contributed by atoms with E-state index >= 15 is 0 Å². The van der Waals surface area contributed by atoms with Gasteiger partial charge in [0.2, 0.25) is 0 Å². The predicted octanol–water partition coefficient (Wildman–Crippen LogP) is 4.93. The van der Waals surface area contributed by atoms with E-state index in [0.29, 0.717) is 6.04 Å². The van der Waals surface area contributed by atoms with Crippen LogP contribution in [0.5, 0.6) is 5.75 Å². The van der Waals surface area contributed by atoms with Crippen LogP contribution in [0.3, 0.4) is 0 Å². The Balaban J connectivity index is 2.22. The van der Waals surface area contributed by atoms with E-state index in [-0.39, 0.29) is 0 Å². The largest absolute Gasteiger partial charge is 0.497 e. The van der Waals surface area contributed by atoms with Gasteiger partial charge in [0.25, 0.3) is 0 Å². The SMILES string of the molecule is CCC1CCCC(C(NC)c2cc(OC)ccc2Br)C1. The van der Waals surface area contributed by atoms with Crippen molar-refractivity contribution in [3.63, 3.8) is 0 Å². The molecule has 112 valence electrons. The van der Waals surface area contributed by atoms with Gasteiger partial charge in [-0.05, 0) is 55.5 Å². The molecule has 1 saturated carbocycles. The lowest BCUT2D eigenvalue weighted by Crippen LogP contribution is -2.29. The van der Waals surface area contributed by atoms with Gasteiger partial charge in [0, 0.05) is 10.5 Å². The maximum absolute atomic E-state index is 5.39. The van der Waals surface area contributed by atoms with Gasteiger partial charge in [-0.25, -0.2) is 0 Å². The molecule has 0 saturated heterocycles. The molecule has 1 aromatic rings. The highest BCUT2D eigenvalue weighted by Gasteiger charge is 2.29. The summed E-state index contributed by atoms with van der Waals surface area (Å²) in [6.45, 7) is 2.32. The highest BCUT2D eigenvalue weighted by atomic mass is 79.9. The Morgan fingerprint density at radius 2 is 2.20 bits per heavy atom. The first-order chi connectivity index (χ1) is 9.69. The summed E-state index contributed by atoms with van der Waals surface area (Å²) < 4.78 is 6.56. The van der Waals surface area contributed by atoms with Crippen LogP contribution in [0.2, 0.25) is 0 Å². The summed E-state index contributed by atoms with van der Waals surface area (Å²) in [5, 5.41) is 3.54. The molecule has 1 aromatic carbocycles. The van der Waals surface area contributed by atoms with Crippen molar-refractivity contribution in [2.75, 3.05) is 14.2 Å². The van der Waals surface area contributed by atoms with Gasteiger partial charge in [0.1, 0.15) is 5.75 Å². The van der Waals surface area contributed by atoms with E-state index in [0.717, 1.165) is 17.6 Å². The number of ether oxygens (including phenoxy) is 1. The van der Waals surface area contributed by atoms with E-state index in [2.05, 4.69) is 47.4 Å². The van der Waals surface area contributed by atoms with Gasteiger partial charge in [-0.2, -0.15) is 0 Å². The predicted molar refractivity (Wildman–Crippen MR) is 88.2 cm³/mol. The maximum atomic E-state index is 5.39. The quantitative estimate of drug-likeness (QED) is 0.820. The number of hydrogen-bond donors (Lipinski definition) is 1. The van der Waals surface area contributed by atoms with Gasteiger partial charge in [-0.1, -0.05) is 42.1 Å².